The zero-order chi connectivity index (χ0) is 32.4. The first-order chi connectivity index (χ1) is 22.3. The number of rotatable bonds is 9. The Bertz CT molecular complexity index is 2130. The van der Waals surface area contributed by atoms with Crippen molar-refractivity contribution in [1.29, 1.82) is 0 Å². The average Bonchev–Trinajstić information content (AvgIpc) is 3.62. The standard InChI is InChI=1S/C34H30N4O6S2/c1-6-43-32(40)28-29(21-10-8-7-9-11-21)37-34-38(30(28)22-12-14-24(41-4)25(17-22)42-5)31(39)26(45-34)18-23-13-15-27(44-23)46-33-35-19(2)16-20(3)36-33/h7-18,30H,6H2,1-5H3/b26-18+/t30-/m1/s1. The lowest BCUT2D eigenvalue weighted by atomic mass is 9.93. The van der Waals surface area contributed by atoms with E-state index in [1.54, 1.807) is 38.3 Å². The first-order valence-corrected chi connectivity index (χ1v) is 16.0. The molecule has 0 amide bonds. The molecule has 1 aliphatic heterocycles. The number of fused-ring (bicyclic) bond motifs is 1. The van der Waals surface area contributed by atoms with Crippen molar-refractivity contribution in [3.05, 3.63) is 120 Å². The summed E-state index contributed by atoms with van der Waals surface area (Å²) in [5, 5.41) is 1.16. The topological polar surface area (TPSA) is 118 Å². The smallest absolute Gasteiger partial charge is 0.338 e. The van der Waals surface area contributed by atoms with E-state index < -0.39 is 12.0 Å². The molecule has 0 N–H and O–H groups in total. The number of carbonyl (C=O) groups excluding carboxylic acids is 1. The average molecular weight is 655 g/mol. The van der Waals surface area contributed by atoms with Crippen molar-refractivity contribution in [2.24, 2.45) is 4.99 Å². The predicted molar refractivity (Wildman–Crippen MR) is 175 cm³/mol. The minimum absolute atomic E-state index is 0.152. The molecule has 1 aliphatic rings. The van der Waals surface area contributed by atoms with Crippen molar-refractivity contribution < 1.29 is 23.4 Å². The number of esters is 1. The summed E-state index contributed by atoms with van der Waals surface area (Å²) in [5.74, 6) is 0.881. The maximum Gasteiger partial charge on any atom is 0.338 e. The molecule has 1 atom stereocenters. The van der Waals surface area contributed by atoms with E-state index in [0.717, 1.165) is 17.0 Å². The summed E-state index contributed by atoms with van der Waals surface area (Å²) in [5.41, 5.74) is 3.41. The molecule has 4 heterocycles. The SMILES string of the molecule is CCOC(=O)C1=C(c2ccccc2)N=c2s/c(=C/c3ccc(Sc4nc(C)cc(C)n4)o3)c(=O)n2[C@@H]1c1ccc(OC)c(OC)c1. The van der Waals surface area contributed by atoms with Crippen LogP contribution in [-0.2, 0) is 9.53 Å². The van der Waals surface area contributed by atoms with E-state index >= 15 is 0 Å². The fourth-order valence-corrected chi connectivity index (χ4v) is 7.02. The summed E-state index contributed by atoms with van der Waals surface area (Å²) in [7, 11) is 3.08. The van der Waals surface area contributed by atoms with E-state index in [4.69, 9.17) is 23.6 Å². The van der Waals surface area contributed by atoms with Gasteiger partial charge in [-0.25, -0.2) is 19.8 Å². The molecule has 12 heteroatoms. The summed E-state index contributed by atoms with van der Waals surface area (Å²) in [4.78, 5) is 42.2. The number of aromatic nitrogens is 3. The molecule has 5 aromatic rings. The van der Waals surface area contributed by atoms with E-state index in [-0.39, 0.29) is 17.7 Å². The van der Waals surface area contributed by atoms with Crippen LogP contribution in [0.2, 0.25) is 0 Å². The Kier molecular flexibility index (Phi) is 8.91. The van der Waals surface area contributed by atoms with Crippen LogP contribution in [0.15, 0.2) is 96.8 Å². The third kappa shape index (κ3) is 6.13. The Morgan fingerprint density at radius 3 is 2.43 bits per heavy atom. The minimum atomic E-state index is -0.864. The molecule has 46 heavy (non-hydrogen) atoms. The number of benzene rings is 2. The van der Waals surface area contributed by atoms with E-state index in [0.29, 0.717) is 48.1 Å². The van der Waals surface area contributed by atoms with Gasteiger partial charge in [-0.3, -0.25) is 9.36 Å². The highest BCUT2D eigenvalue weighted by Crippen LogP contribution is 2.38. The molecule has 0 unspecified atom stereocenters. The molecule has 234 valence electrons. The van der Waals surface area contributed by atoms with E-state index in [1.165, 1.54) is 34.8 Å². The molecule has 0 saturated carbocycles. The second kappa shape index (κ2) is 13.2. The summed E-state index contributed by atoms with van der Waals surface area (Å²) in [6.07, 6.45) is 1.68. The lowest BCUT2D eigenvalue weighted by Gasteiger charge is -2.26. The predicted octanol–water partition coefficient (Wildman–Crippen LogP) is 5.10. The van der Waals surface area contributed by atoms with Gasteiger partial charge in [0.15, 0.2) is 26.5 Å². The lowest BCUT2D eigenvalue weighted by Crippen LogP contribution is -2.40. The van der Waals surface area contributed by atoms with Gasteiger partial charge in [0.2, 0.25) is 0 Å². The fraction of sp³-hybridized carbons (Fsp3) is 0.206. The highest BCUT2D eigenvalue weighted by Gasteiger charge is 2.35. The van der Waals surface area contributed by atoms with Gasteiger partial charge < -0.3 is 18.6 Å². The van der Waals surface area contributed by atoms with Crippen LogP contribution in [0.3, 0.4) is 0 Å². The Morgan fingerprint density at radius 2 is 1.74 bits per heavy atom. The van der Waals surface area contributed by atoms with Crippen LogP contribution in [0.4, 0.5) is 0 Å². The van der Waals surface area contributed by atoms with Crippen LogP contribution >= 0.6 is 23.1 Å². The van der Waals surface area contributed by atoms with Crippen molar-refractivity contribution >= 4 is 40.8 Å². The molecule has 0 spiro atoms. The summed E-state index contributed by atoms with van der Waals surface area (Å²) >= 11 is 2.51. The Morgan fingerprint density at radius 1 is 1.00 bits per heavy atom. The normalized spacial score (nSPS) is 14.5. The number of thiazole rings is 1. The van der Waals surface area contributed by atoms with Gasteiger partial charge in [0.1, 0.15) is 5.76 Å². The van der Waals surface area contributed by atoms with Gasteiger partial charge in [-0.15, -0.1) is 0 Å². The molecule has 10 nitrogen and oxygen atoms in total. The van der Waals surface area contributed by atoms with Crippen molar-refractivity contribution in [2.75, 3.05) is 20.8 Å². The van der Waals surface area contributed by atoms with E-state index in [1.807, 2.05) is 62.4 Å². The van der Waals surface area contributed by atoms with Crippen LogP contribution in [0.1, 0.15) is 41.2 Å². The van der Waals surface area contributed by atoms with Gasteiger partial charge in [0.05, 0.1) is 42.7 Å². The zero-order valence-electron chi connectivity index (χ0n) is 25.8. The number of ether oxygens (including phenoxy) is 3. The minimum Gasteiger partial charge on any atom is -0.493 e. The fourth-order valence-electron chi connectivity index (χ4n) is 5.20. The number of furan rings is 1. The second-order valence-corrected chi connectivity index (χ2v) is 12.2. The Labute approximate surface area is 272 Å². The largest absolute Gasteiger partial charge is 0.493 e. The number of nitrogens with zero attached hydrogens (tertiary/aromatic N) is 4. The van der Waals surface area contributed by atoms with Gasteiger partial charge >= 0.3 is 5.97 Å². The summed E-state index contributed by atoms with van der Waals surface area (Å²) < 4.78 is 24.6. The molecule has 0 fully saturated rings. The first kappa shape index (κ1) is 31.1. The number of hydrogen-bond acceptors (Lipinski definition) is 11. The third-order valence-corrected chi connectivity index (χ3v) is 8.89. The van der Waals surface area contributed by atoms with E-state index in [9.17, 15) is 9.59 Å². The molecule has 6 rings (SSSR count). The first-order valence-electron chi connectivity index (χ1n) is 14.4. The second-order valence-electron chi connectivity index (χ2n) is 10.2. The van der Waals surface area contributed by atoms with Gasteiger partial charge in [0, 0.05) is 23.0 Å². The highest BCUT2D eigenvalue weighted by atomic mass is 32.2. The molecule has 3 aromatic heterocycles. The van der Waals surface area contributed by atoms with Crippen molar-refractivity contribution in [3.8, 4) is 11.5 Å². The highest BCUT2D eigenvalue weighted by molar-refractivity contribution is 7.99. The third-order valence-electron chi connectivity index (χ3n) is 7.13. The monoisotopic (exact) mass is 654 g/mol. The summed E-state index contributed by atoms with van der Waals surface area (Å²) in [6, 6.07) is 19.3. The molecule has 0 bridgehead atoms. The molecule has 0 radical (unpaired) electrons. The molecular formula is C34H30N4O6S2. The van der Waals surface area contributed by atoms with Gasteiger partial charge in [-0.1, -0.05) is 47.7 Å². The number of aryl methyl sites for hydroxylation is 2. The van der Waals surface area contributed by atoms with Gasteiger partial charge in [0.25, 0.3) is 5.56 Å². The van der Waals surface area contributed by atoms with Crippen LogP contribution in [0.25, 0.3) is 11.8 Å². The molecule has 0 saturated heterocycles. The van der Waals surface area contributed by atoms with Crippen LogP contribution < -0.4 is 24.4 Å². The molecule has 0 aliphatic carbocycles. The van der Waals surface area contributed by atoms with Crippen molar-refractivity contribution in [3.63, 3.8) is 0 Å². The van der Waals surface area contributed by atoms with Gasteiger partial charge in [-0.05, 0) is 68.4 Å². The van der Waals surface area contributed by atoms with Crippen molar-refractivity contribution in [1.82, 2.24) is 14.5 Å². The van der Waals surface area contributed by atoms with Crippen LogP contribution in [0.5, 0.6) is 11.5 Å². The number of methoxy groups -OCH3 is 2. The zero-order valence-corrected chi connectivity index (χ0v) is 27.4. The number of carbonyl (C=O) groups is 1. The van der Waals surface area contributed by atoms with Crippen molar-refractivity contribution in [2.45, 2.75) is 37.1 Å². The lowest BCUT2D eigenvalue weighted by molar-refractivity contribution is -0.138. The molecular weight excluding hydrogens is 625 g/mol. The van der Waals surface area contributed by atoms with Crippen LogP contribution in [0, 0.1) is 13.8 Å². The maximum atomic E-state index is 14.2. The molecule has 2 aromatic carbocycles. The van der Waals surface area contributed by atoms with E-state index in [2.05, 4.69) is 9.97 Å². The number of hydrogen-bond donors (Lipinski definition) is 0. The quantitative estimate of drug-likeness (QED) is 0.158. The summed E-state index contributed by atoms with van der Waals surface area (Å²) in [6.45, 7) is 5.72. The van der Waals surface area contributed by atoms with Crippen LogP contribution in [-0.4, -0.2) is 41.3 Å². The van der Waals surface area contributed by atoms with Gasteiger partial charge in [-0.2, -0.15) is 0 Å². The Hall–Kier alpha value is -4.94. The maximum absolute atomic E-state index is 14.2. The Balaban J connectivity index is 1.52.